The first kappa shape index (κ1) is 28.1. The fourth-order valence-electron chi connectivity index (χ4n) is 3.59. The summed E-state index contributed by atoms with van der Waals surface area (Å²) in [4.78, 5) is 45.1. The van der Waals surface area contributed by atoms with Crippen LogP contribution in [0.1, 0.15) is 6.42 Å². The summed E-state index contributed by atoms with van der Waals surface area (Å²) >= 11 is 2.54. The lowest BCUT2D eigenvalue weighted by Gasteiger charge is -2.29. The standard InChI is InChI=1S/C28H28N4O5S2/c1-32-26(34)16-24(39-28(32)30-19-10-14-21(37-3)15-11-19)27(35)31-22-6-4-5-7-23(22)38-17-25(33)29-18-8-12-20(36-2)13-9-18/h4-15,24H,16-17H2,1-3H3,(H,29,33)(H,31,35). The summed E-state index contributed by atoms with van der Waals surface area (Å²) in [5.74, 6) is 0.877. The highest BCUT2D eigenvalue weighted by atomic mass is 32.2. The van der Waals surface area contributed by atoms with Crippen molar-refractivity contribution in [3.8, 4) is 11.5 Å². The Labute approximate surface area is 235 Å². The van der Waals surface area contributed by atoms with Crippen LogP contribution in [-0.4, -0.2) is 60.1 Å². The Morgan fingerprint density at radius 2 is 1.62 bits per heavy atom. The van der Waals surface area contributed by atoms with Gasteiger partial charge in [0.15, 0.2) is 5.17 Å². The lowest BCUT2D eigenvalue weighted by atomic mass is 10.2. The van der Waals surface area contributed by atoms with Crippen molar-refractivity contribution >= 4 is 63.5 Å². The van der Waals surface area contributed by atoms with Gasteiger partial charge in [0.05, 0.1) is 31.3 Å². The maximum absolute atomic E-state index is 13.2. The number of hydrogen-bond acceptors (Lipinski definition) is 8. The minimum Gasteiger partial charge on any atom is -0.497 e. The Morgan fingerprint density at radius 3 is 2.28 bits per heavy atom. The number of nitrogens with zero attached hydrogens (tertiary/aromatic N) is 2. The van der Waals surface area contributed by atoms with E-state index in [9.17, 15) is 14.4 Å². The van der Waals surface area contributed by atoms with E-state index in [1.54, 1.807) is 81.9 Å². The maximum Gasteiger partial charge on any atom is 0.238 e. The topological polar surface area (TPSA) is 109 Å². The average molecular weight is 565 g/mol. The van der Waals surface area contributed by atoms with Crippen LogP contribution in [0.5, 0.6) is 11.5 Å². The predicted molar refractivity (Wildman–Crippen MR) is 156 cm³/mol. The summed E-state index contributed by atoms with van der Waals surface area (Å²) in [7, 11) is 4.81. The highest BCUT2D eigenvalue weighted by molar-refractivity contribution is 8.15. The Hall–Kier alpha value is -3.96. The van der Waals surface area contributed by atoms with Crippen LogP contribution in [0.25, 0.3) is 0 Å². The molecule has 0 spiro atoms. The summed E-state index contributed by atoms with van der Waals surface area (Å²) in [6.45, 7) is 0. The second kappa shape index (κ2) is 13.2. The minimum atomic E-state index is -0.651. The van der Waals surface area contributed by atoms with Crippen LogP contribution < -0.4 is 20.1 Å². The van der Waals surface area contributed by atoms with E-state index in [1.807, 2.05) is 12.1 Å². The SMILES string of the molecule is COc1ccc(N=C2SC(C(=O)Nc3ccccc3SCC(=O)Nc3ccc(OC)cc3)CC(=O)N2C)cc1. The van der Waals surface area contributed by atoms with E-state index in [2.05, 4.69) is 15.6 Å². The van der Waals surface area contributed by atoms with Crippen molar-refractivity contribution in [2.45, 2.75) is 16.6 Å². The predicted octanol–water partition coefficient (Wildman–Crippen LogP) is 5.02. The molecule has 1 heterocycles. The zero-order valence-electron chi connectivity index (χ0n) is 21.7. The van der Waals surface area contributed by atoms with Crippen LogP contribution in [0.3, 0.4) is 0 Å². The molecule has 1 fully saturated rings. The van der Waals surface area contributed by atoms with Gasteiger partial charge in [-0.05, 0) is 60.7 Å². The zero-order chi connectivity index (χ0) is 27.8. The maximum atomic E-state index is 13.2. The van der Waals surface area contributed by atoms with E-state index in [0.29, 0.717) is 33.7 Å². The van der Waals surface area contributed by atoms with E-state index < -0.39 is 5.25 Å². The highest BCUT2D eigenvalue weighted by Gasteiger charge is 2.34. The normalized spacial score (nSPS) is 16.1. The molecule has 0 aromatic heterocycles. The van der Waals surface area contributed by atoms with E-state index in [4.69, 9.17) is 9.47 Å². The van der Waals surface area contributed by atoms with Crippen LogP contribution in [0.2, 0.25) is 0 Å². The highest BCUT2D eigenvalue weighted by Crippen LogP contribution is 2.32. The summed E-state index contributed by atoms with van der Waals surface area (Å²) in [6, 6.07) is 21.5. The fourth-order valence-corrected chi connectivity index (χ4v) is 5.46. The molecule has 9 nitrogen and oxygen atoms in total. The molecule has 0 aliphatic carbocycles. The van der Waals surface area contributed by atoms with E-state index >= 15 is 0 Å². The van der Waals surface area contributed by atoms with Gasteiger partial charge in [-0.25, -0.2) is 4.99 Å². The van der Waals surface area contributed by atoms with Gasteiger partial charge >= 0.3 is 0 Å². The third kappa shape index (κ3) is 7.55. The monoisotopic (exact) mass is 564 g/mol. The second-order valence-electron chi connectivity index (χ2n) is 8.41. The van der Waals surface area contributed by atoms with Crippen molar-refractivity contribution in [3.05, 3.63) is 72.8 Å². The lowest BCUT2D eigenvalue weighted by molar-refractivity contribution is -0.128. The number of nitrogens with one attached hydrogen (secondary N) is 2. The van der Waals surface area contributed by atoms with Gasteiger partial charge in [-0.3, -0.25) is 19.3 Å². The molecule has 1 unspecified atom stereocenters. The summed E-state index contributed by atoms with van der Waals surface area (Å²) in [6.07, 6.45) is 0.0498. The first-order valence-electron chi connectivity index (χ1n) is 12.0. The molecule has 1 saturated heterocycles. The molecule has 3 aromatic carbocycles. The Balaban J connectivity index is 1.39. The number of anilines is 2. The van der Waals surface area contributed by atoms with Gasteiger partial charge < -0.3 is 20.1 Å². The minimum absolute atomic E-state index is 0.0498. The molecule has 3 amide bonds. The van der Waals surface area contributed by atoms with Crippen LogP contribution in [0, 0.1) is 0 Å². The molecule has 202 valence electrons. The average Bonchev–Trinajstić information content (AvgIpc) is 2.95. The Bertz CT molecular complexity index is 1360. The third-order valence-corrected chi connectivity index (χ3v) is 8.05. The number of para-hydroxylation sites is 1. The molecular weight excluding hydrogens is 536 g/mol. The molecule has 1 aliphatic heterocycles. The molecule has 0 radical (unpaired) electrons. The van der Waals surface area contributed by atoms with Crippen molar-refractivity contribution in [2.75, 3.05) is 37.7 Å². The molecule has 3 aromatic rings. The number of aliphatic imine (C=N–C) groups is 1. The van der Waals surface area contributed by atoms with Crippen LogP contribution in [0.15, 0.2) is 82.7 Å². The van der Waals surface area contributed by atoms with E-state index in [-0.39, 0.29) is 29.9 Å². The molecule has 39 heavy (non-hydrogen) atoms. The van der Waals surface area contributed by atoms with Crippen molar-refractivity contribution in [1.82, 2.24) is 4.90 Å². The number of ether oxygens (including phenoxy) is 2. The molecule has 1 aliphatic rings. The van der Waals surface area contributed by atoms with Crippen LogP contribution >= 0.6 is 23.5 Å². The molecule has 11 heteroatoms. The number of rotatable bonds is 9. The smallest absolute Gasteiger partial charge is 0.238 e. The van der Waals surface area contributed by atoms with Crippen molar-refractivity contribution in [2.24, 2.45) is 4.99 Å². The van der Waals surface area contributed by atoms with Crippen molar-refractivity contribution in [3.63, 3.8) is 0 Å². The third-order valence-electron chi connectivity index (χ3n) is 5.74. The number of amides is 3. The number of hydrogen-bond donors (Lipinski definition) is 2. The summed E-state index contributed by atoms with van der Waals surface area (Å²) in [5, 5.41) is 5.57. The van der Waals surface area contributed by atoms with Gasteiger partial charge in [0.25, 0.3) is 0 Å². The molecule has 1 atom stereocenters. The first-order valence-corrected chi connectivity index (χ1v) is 13.9. The Kier molecular flexibility index (Phi) is 9.50. The number of carbonyl (C=O) groups is 3. The van der Waals surface area contributed by atoms with Gasteiger partial charge in [0, 0.05) is 24.1 Å². The van der Waals surface area contributed by atoms with Gasteiger partial charge in [0.2, 0.25) is 17.7 Å². The molecule has 0 bridgehead atoms. The van der Waals surface area contributed by atoms with Crippen LogP contribution in [-0.2, 0) is 14.4 Å². The first-order chi connectivity index (χ1) is 18.9. The molecule has 2 N–H and O–H groups in total. The second-order valence-corrected chi connectivity index (χ2v) is 10.6. The molecule has 0 saturated carbocycles. The van der Waals surface area contributed by atoms with Crippen molar-refractivity contribution in [1.29, 1.82) is 0 Å². The van der Waals surface area contributed by atoms with Gasteiger partial charge in [-0.2, -0.15) is 0 Å². The van der Waals surface area contributed by atoms with E-state index in [0.717, 1.165) is 4.90 Å². The number of thioether (sulfide) groups is 2. The summed E-state index contributed by atoms with van der Waals surface area (Å²) < 4.78 is 10.3. The number of benzene rings is 3. The fraction of sp³-hybridized carbons (Fsp3) is 0.214. The zero-order valence-corrected chi connectivity index (χ0v) is 23.3. The quantitative estimate of drug-likeness (QED) is 0.351. The van der Waals surface area contributed by atoms with Gasteiger partial charge in [-0.15, -0.1) is 11.8 Å². The summed E-state index contributed by atoms with van der Waals surface area (Å²) in [5.41, 5.74) is 1.89. The number of methoxy groups -OCH3 is 2. The van der Waals surface area contributed by atoms with Gasteiger partial charge in [0.1, 0.15) is 16.7 Å². The van der Waals surface area contributed by atoms with E-state index in [1.165, 1.54) is 28.4 Å². The van der Waals surface area contributed by atoms with Crippen LogP contribution in [0.4, 0.5) is 17.1 Å². The molecule has 4 rings (SSSR count). The number of carbonyl (C=O) groups excluding carboxylic acids is 3. The lowest BCUT2D eigenvalue weighted by Crippen LogP contribution is -2.43. The molecular formula is C28H28N4O5S2. The van der Waals surface area contributed by atoms with Crippen molar-refractivity contribution < 1.29 is 23.9 Å². The Morgan fingerprint density at radius 1 is 0.974 bits per heavy atom. The largest absolute Gasteiger partial charge is 0.497 e. The van der Waals surface area contributed by atoms with Gasteiger partial charge in [-0.1, -0.05) is 23.9 Å². The number of amidine groups is 1.